The van der Waals surface area contributed by atoms with Crippen LogP contribution in [-0.2, 0) is 4.43 Å². The van der Waals surface area contributed by atoms with Crippen LogP contribution in [0.4, 0.5) is 0 Å². The highest BCUT2D eigenvalue weighted by atomic mass is 28.4. The molecule has 0 aromatic heterocycles. The zero-order valence-electron chi connectivity index (χ0n) is 15.5. The second-order valence-electron chi connectivity index (χ2n) is 8.50. The first-order chi connectivity index (χ1) is 10.2. The van der Waals surface area contributed by atoms with Crippen molar-refractivity contribution in [1.82, 2.24) is 0 Å². The van der Waals surface area contributed by atoms with E-state index in [1.54, 1.807) is 0 Å². The van der Waals surface area contributed by atoms with Crippen molar-refractivity contribution in [2.45, 2.75) is 84.4 Å². The average Bonchev–Trinajstić information content (AvgIpc) is 2.43. The Labute approximate surface area is 139 Å². The van der Waals surface area contributed by atoms with Crippen molar-refractivity contribution in [2.75, 3.05) is 6.61 Å². The average molecular weight is 322 g/mol. The zero-order valence-corrected chi connectivity index (χ0v) is 16.5. The van der Waals surface area contributed by atoms with Gasteiger partial charge in [0.05, 0.1) is 12.7 Å². The minimum atomic E-state index is -1.66. The van der Waals surface area contributed by atoms with Gasteiger partial charge in [0.2, 0.25) is 0 Å². The second kappa shape index (κ2) is 8.31. The lowest BCUT2D eigenvalue weighted by Gasteiger charge is -2.37. The smallest absolute Gasteiger partial charge is 0.192 e. The zero-order chi connectivity index (χ0) is 16.8. The monoisotopic (exact) mass is 321 g/mol. The molecule has 1 aliphatic carbocycles. The highest BCUT2D eigenvalue weighted by Crippen LogP contribution is 2.38. The van der Waals surface area contributed by atoms with Gasteiger partial charge in [0.15, 0.2) is 8.32 Å². The van der Waals surface area contributed by atoms with E-state index < -0.39 is 8.32 Å². The largest absolute Gasteiger partial charge is 0.413 e. The van der Waals surface area contributed by atoms with E-state index in [-0.39, 0.29) is 5.04 Å². The first-order valence-electron chi connectivity index (χ1n) is 8.87. The number of nitriles is 1. The molecular formula is C19H35NOSi. The maximum atomic E-state index is 8.80. The standard InChI is InChI=1S/C19H35NOSi/c1-16(13-14-20)11-12-17-9-7-8-10-18(17)15-21-22(5,6)19(2,3)4/h10,16-17H,7-9,11-13,15H2,1-6H3/t16-,17-/m1/s1. The van der Waals surface area contributed by atoms with E-state index in [0.717, 1.165) is 13.0 Å². The topological polar surface area (TPSA) is 33.0 Å². The fraction of sp³-hybridized carbons (Fsp3) is 0.842. The molecule has 0 fully saturated rings. The Kier molecular flexibility index (Phi) is 7.35. The van der Waals surface area contributed by atoms with Crippen LogP contribution in [0.25, 0.3) is 0 Å². The van der Waals surface area contributed by atoms with Crippen molar-refractivity contribution >= 4 is 8.32 Å². The summed E-state index contributed by atoms with van der Waals surface area (Å²) in [6, 6.07) is 2.29. The minimum absolute atomic E-state index is 0.277. The highest BCUT2D eigenvalue weighted by molar-refractivity contribution is 6.74. The summed E-state index contributed by atoms with van der Waals surface area (Å²) in [5.41, 5.74) is 1.53. The lowest BCUT2D eigenvalue weighted by atomic mass is 9.83. The van der Waals surface area contributed by atoms with Crippen LogP contribution >= 0.6 is 0 Å². The summed E-state index contributed by atoms with van der Waals surface area (Å²) < 4.78 is 6.44. The number of hydrogen-bond donors (Lipinski definition) is 0. The normalized spacial score (nSPS) is 21.1. The van der Waals surface area contributed by atoms with Crippen LogP contribution in [0.1, 0.15) is 66.2 Å². The maximum absolute atomic E-state index is 8.80. The molecule has 1 rings (SSSR count). The molecule has 3 heteroatoms. The third-order valence-electron chi connectivity index (χ3n) is 5.54. The third kappa shape index (κ3) is 5.89. The molecule has 0 saturated heterocycles. The Morgan fingerprint density at radius 1 is 1.41 bits per heavy atom. The van der Waals surface area contributed by atoms with Gasteiger partial charge in [0, 0.05) is 6.42 Å². The summed E-state index contributed by atoms with van der Waals surface area (Å²) in [6.07, 6.45) is 9.31. The first-order valence-corrected chi connectivity index (χ1v) is 11.8. The van der Waals surface area contributed by atoms with Gasteiger partial charge in [0.1, 0.15) is 0 Å². The van der Waals surface area contributed by atoms with Crippen LogP contribution in [0.15, 0.2) is 11.6 Å². The lowest BCUT2D eigenvalue weighted by molar-refractivity contribution is 0.288. The molecule has 126 valence electrons. The molecule has 0 amide bonds. The summed E-state index contributed by atoms with van der Waals surface area (Å²) in [6.45, 7) is 14.6. The molecule has 0 aliphatic heterocycles. The maximum Gasteiger partial charge on any atom is 0.192 e. The summed E-state index contributed by atoms with van der Waals surface area (Å²) in [7, 11) is -1.66. The van der Waals surface area contributed by atoms with Gasteiger partial charge >= 0.3 is 0 Å². The molecule has 2 atom stereocenters. The minimum Gasteiger partial charge on any atom is -0.413 e. The van der Waals surface area contributed by atoms with Crippen molar-refractivity contribution in [3.63, 3.8) is 0 Å². The molecule has 22 heavy (non-hydrogen) atoms. The van der Waals surface area contributed by atoms with Crippen molar-refractivity contribution in [3.05, 3.63) is 11.6 Å². The van der Waals surface area contributed by atoms with Gasteiger partial charge in [-0.1, -0.05) is 33.8 Å². The van der Waals surface area contributed by atoms with Crippen LogP contribution in [0.3, 0.4) is 0 Å². The van der Waals surface area contributed by atoms with E-state index in [4.69, 9.17) is 9.69 Å². The van der Waals surface area contributed by atoms with Gasteiger partial charge in [-0.25, -0.2) is 0 Å². The van der Waals surface area contributed by atoms with E-state index in [1.165, 1.54) is 31.3 Å². The van der Waals surface area contributed by atoms with Crippen LogP contribution in [0, 0.1) is 23.2 Å². The van der Waals surface area contributed by atoms with Crippen LogP contribution in [-0.4, -0.2) is 14.9 Å². The molecule has 0 saturated carbocycles. The van der Waals surface area contributed by atoms with Crippen molar-refractivity contribution in [1.29, 1.82) is 5.26 Å². The Balaban J connectivity index is 2.56. The van der Waals surface area contributed by atoms with E-state index in [2.05, 4.69) is 52.9 Å². The quantitative estimate of drug-likeness (QED) is 0.421. The Bertz CT molecular complexity index is 414. The molecule has 0 bridgehead atoms. The number of rotatable bonds is 7. The van der Waals surface area contributed by atoms with Gasteiger partial charge in [0.25, 0.3) is 0 Å². The van der Waals surface area contributed by atoms with E-state index in [9.17, 15) is 0 Å². The van der Waals surface area contributed by atoms with Crippen LogP contribution in [0.2, 0.25) is 18.1 Å². The van der Waals surface area contributed by atoms with Gasteiger partial charge in [-0.05, 0) is 67.6 Å². The third-order valence-corrected chi connectivity index (χ3v) is 10.0. The van der Waals surface area contributed by atoms with Gasteiger partial charge in [-0.3, -0.25) is 0 Å². The lowest BCUT2D eigenvalue weighted by Crippen LogP contribution is -2.41. The van der Waals surface area contributed by atoms with E-state index >= 15 is 0 Å². The van der Waals surface area contributed by atoms with E-state index in [0.29, 0.717) is 18.3 Å². The number of hydrogen-bond acceptors (Lipinski definition) is 2. The number of allylic oxidation sites excluding steroid dienone is 1. The Morgan fingerprint density at radius 2 is 2.09 bits per heavy atom. The molecule has 0 aromatic carbocycles. The molecule has 1 aliphatic rings. The summed E-state index contributed by atoms with van der Waals surface area (Å²) in [5.74, 6) is 1.20. The number of nitrogens with zero attached hydrogens (tertiary/aromatic N) is 1. The van der Waals surface area contributed by atoms with Crippen LogP contribution < -0.4 is 0 Å². The molecule has 0 spiro atoms. The summed E-state index contributed by atoms with van der Waals surface area (Å²) >= 11 is 0. The van der Waals surface area contributed by atoms with Crippen molar-refractivity contribution in [3.8, 4) is 6.07 Å². The molecule has 0 radical (unpaired) electrons. The Morgan fingerprint density at radius 3 is 2.68 bits per heavy atom. The van der Waals surface area contributed by atoms with Gasteiger partial charge in [-0.2, -0.15) is 5.26 Å². The van der Waals surface area contributed by atoms with Crippen molar-refractivity contribution in [2.24, 2.45) is 11.8 Å². The summed E-state index contributed by atoms with van der Waals surface area (Å²) in [4.78, 5) is 0. The summed E-state index contributed by atoms with van der Waals surface area (Å²) in [5, 5.41) is 9.08. The van der Waals surface area contributed by atoms with E-state index in [1.807, 2.05) is 0 Å². The molecule has 0 aromatic rings. The molecular weight excluding hydrogens is 286 g/mol. The van der Waals surface area contributed by atoms with Crippen LogP contribution in [0.5, 0.6) is 0 Å². The molecule has 0 N–H and O–H groups in total. The van der Waals surface area contributed by atoms with Gasteiger partial charge < -0.3 is 4.43 Å². The molecule has 2 nitrogen and oxygen atoms in total. The Hall–Kier alpha value is -0.593. The SMILES string of the molecule is C[C@@H](CC#N)CC[C@H]1CCCC=C1CO[Si](C)(C)C(C)(C)C. The predicted molar refractivity (Wildman–Crippen MR) is 97.2 cm³/mol. The highest BCUT2D eigenvalue weighted by Gasteiger charge is 2.37. The second-order valence-corrected chi connectivity index (χ2v) is 13.3. The molecule has 0 unspecified atom stereocenters. The predicted octanol–water partition coefficient (Wildman–Crippen LogP) is 6.06. The first kappa shape index (κ1) is 19.5. The molecule has 0 heterocycles. The van der Waals surface area contributed by atoms with Gasteiger partial charge in [-0.15, -0.1) is 0 Å². The van der Waals surface area contributed by atoms with Crippen molar-refractivity contribution < 1.29 is 4.43 Å². The fourth-order valence-electron chi connectivity index (χ4n) is 2.73. The fourth-order valence-corrected chi connectivity index (χ4v) is 3.69.